The van der Waals surface area contributed by atoms with Gasteiger partial charge in [0.2, 0.25) is 0 Å². The van der Waals surface area contributed by atoms with Gasteiger partial charge in [-0.25, -0.2) is 24.9 Å². The van der Waals surface area contributed by atoms with Gasteiger partial charge < -0.3 is 0 Å². The molecule has 10 rings (SSSR count). The Morgan fingerprint density at radius 1 is 0.217 bits per heavy atom. The maximum Gasteiger partial charge on any atom is 0.160 e. The van der Waals surface area contributed by atoms with Crippen LogP contribution in [-0.2, 0) is 0 Å². The van der Waals surface area contributed by atoms with Crippen molar-refractivity contribution >= 4 is 0 Å². The first-order chi connectivity index (χ1) is 29.7. The van der Waals surface area contributed by atoms with E-state index < -0.39 is 0 Å². The van der Waals surface area contributed by atoms with E-state index in [9.17, 15) is 0 Å². The van der Waals surface area contributed by atoms with Crippen molar-refractivity contribution in [2.75, 3.05) is 0 Å². The van der Waals surface area contributed by atoms with Crippen LogP contribution in [0.5, 0.6) is 0 Å². The van der Waals surface area contributed by atoms with E-state index in [0.29, 0.717) is 11.6 Å². The molecule has 0 bridgehead atoms. The maximum absolute atomic E-state index is 5.08. The Balaban J connectivity index is 1.01. The second kappa shape index (κ2) is 16.3. The Labute approximate surface area is 347 Å². The standard InChI is InChI=1S/C53H35N7/c1-5-15-37(16-6-1)46-33-47(38-17-7-2-8-18-38)59-53(58-46)41-26-24-36(25-27-41)43-31-50(44-23-13-14-30-54-44)56-51(32-43)45-29-28-42(35-55-45)49-34-48(39-19-9-3-10-20-39)57-52(60-49)40-21-11-4-12-22-40/h1-35H. The van der Waals surface area contributed by atoms with Crippen LogP contribution in [0, 0.1) is 0 Å². The molecular weight excluding hydrogens is 735 g/mol. The van der Waals surface area contributed by atoms with Crippen LogP contribution in [0.1, 0.15) is 0 Å². The van der Waals surface area contributed by atoms with E-state index >= 15 is 0 Å². The normalized spacial score (nSPS) is 11.0. The van der Waals surface area contributed by atoms with Crippen LogP contribution >= 0.6 is 0 Å². The minimum Gasteiger partial charge on any atom is -0.255 e. The molecule has 0 amide bonds. The van der Waals surface area contributed by atoms with Gasteiger partial charge in [-0.1, -0.05) is 152 Å². The highest BCUT2D eigenvalue weighted by molar-refractivity contribution is 5.78. The van der Waals surface area contributed by atoms with Crippen LogP contribution in [0.2, 0.25) is 0 Å². The topological polar surface area (TPSA) is 90.2 Å². The molecule has 0 saturated carbocycles. The average Bonchev–Trinajstić information content (AvgIpc) is 3.35. The van der Waals surface area contributed by atoms with E-state index in [1.807, 2.05) is 128 Å². The molecule has 0 saturated heterocycles. The first kappa shape index (κ1) is 36.1. The molecule has 60 heavy (non-hydrogen) atoms. The smallest absolute Gasteiger partial charge is 0.160 e. The molecule has 7 heteroatoms. The van der Waals surface area contributed by atoms with E-state index in [0.717, 1.165) is 90.1 Å². The summed E-state index contributed by atoms with van der Waals surface area (Å²) < 4.78 is 0. The van der Waals surface area contributed by atoms with Gasteiger partial charge in [0.25, 0.3) is 0 Å². The maximum atomic E-state index is 5.08. The Morgan fingerprint density at radius 2 is 0.617 bits per heavy atom. The van der Waals surface area contributed by atoms with Gasteiger partial charge in [0, 0.05) is 45.8 Å². The van der Waals surface area contributed by atoms with Crippen molar-refractivity contribution in [1.29, 1.82) is 0 Å². The molecule has 0 radical (unpaired) electrons. The van der Waals surface area contributed by atoms with E-state index in [4.69, 9.17) is 29.9 Å². The van der Waals surface area contributed by atoms with Crippen molar-refractivity contribution in [3.63, 3.8) is 0 Å². The van der Waals surface area contributed by atoms with Gasteiger partial charge >= 0.3 is 0 Å². The van der Waals surface area contributed by atoms with Crippen molar-refractivity contribution in [3.8, 4) is 102 Å². The number of hydrogen-bond donors (Lipinski definition) is 0. The van der Waals surface area contributed by atoms with Crippen molar-refractivity contribution in [3.05, 3.63) is 213 Å². The minimum atomic E-state index is 0.656. The lowest BCUT2D eigenvalue weighted by molar-refractivity contribution is 1.17. The summed E-state index contributed by atoms with van der Waals surface area (Å²) in [5.74, 6) is 1.31. The summed E-state index contributed by atoms with van der Waals surface area (Å²) in [4.78, 5) is 34.7. The molecule has 5 heterocycles. The van der Waals surface area contributed by atoms with Crippen LogP contribution in [0.4, 0.5) is 0 Å². The van der Waals surface area contributed by atoms with Gasteiger partial charge in [-0.2, -0.15) is 0 Å². The highest BCUT2D eigenvalue weighted by Gasteiger charge is 2.15. The van der Waals surface area contributed by atoms with Crippen LogP contribution < -0.4 is 0 Å². The summed E-state index contributed by atoms with van der Waals surface area (Å²) in [6.07, 6.45) is 3.64. The van der Waals surface area contributed by atoms with E-state index in [1.165, 1.54) is 0 Å². The fourth-order valence-electron chi connectivity index (χ4n) is 7.14. The molecule has 5 aromatic carbocycles. The Bertz CT molecular complexity index is 2730. The molecule has 0 N–H and O–H groups in total. The summed E-state index contributed by atoms with van der Waals surface area (Å²) in [6, 6.07) is 67.2. The fraction of sp³-hybridized carbons (Fsp3) is 0. The number of aromatic nitrogens is 7. The molecular formula is C53H35N7. The largest absolute Gasteiger partial charge is 0.255 e. The van der Waals surface area contributed by atoms with Crippen LogP contribution in [0.3, 0.4) is 0 Å². The molecule has 0 fully saturated rings. The van der Waals surface area contributed by atoms with E-state index in [-0.39, 0.29) is 0 Å². The zero-order chi connectivity index (χ0) is 40.1. The number of nitrogens with zero attached hydrogens (tertiary/aromatic N) is 7. The lowest BCUT2D eigenvalue weighted by atomic mass is 10.0. The average molecular weight is 770 g/mol. The third kappa shape index (κ3) is 7.71. The van der Waals surface area contributed by atoms with Gasteiger partial charge in [-0.15, -0.1) is 0 Å². The molecule has 0 atom stereocenters. The summed E-state index contributed by atoms with van der Waals surface area (Å²) in [5, 5.41) is 0. The monoisotopic (exact) mass is 769 g/mol. The van der Waals surface area contributed by atoms with Crippen LogP contribution in [0.25, 0.3) is 102 Å². The summed E-state index contributed by atoms with van der Waals surface area (Å²) >= 11 is 0. The molecule has 7 nitrogen and oxygen atoms in total. The molecule has 0 aliphatic rings. The van der Waals surface area contributed by atoms with Gasteiger partial charge in [0.15, 0.2) is 11.6 Å². The van der Waals surface area contributed by atoms with Crippen molar-refractivity contribution < 1.29 is 0 Å². The van der Waals surface area contributed by atoms with Gasteiger partial charge in [-0.3, -0.25) is 9.97 Å². The fourth-order valence-corrected chi connectivity index (χ4v) is 7.14. The first-order valence-electron chi connectivity index (χ1n) is 19.7. The second-order valence-corrected chi connectivity index (χ2v) is 14.2. The Morgan fingerprint density at radius 3 is 1.07 bits per heavy atom. The summed E-state index contributed by atoms with van der Waals surface area (Å²) in [6.45, 7) is 0. The molecule has 282 valence electrons. The summed E-state index contributed by atoms with van der Waals surface area (Å²) in [5.41, 5.74) is 14.2. The molecule has 0 aliphatic carbocycles. The van der Waals surface area contributed by atoms with Crippen LogP contribution in [-0.4, -0.2) is 34.9 Å². The minimum absolute atomic E-state index is 0.656. The molecule has 0 spiro atoms. The van der Waals surface area contributed by atoms with Crippen molar-refractivity contribution in [1.82, 2.24) is 34.9 Å². The first-order valence-corrected chi connectivity index (χ1v) is 19.7. The summed E-state index contributed by atoms with van der Waals surface area (Å²) in [7, 11) is 0. The third-order valence-electron chi connectivity index (χ3n) is 10.2. The van der Waals surface area contributed by atoms with Crippen molar-refractivity contribution in [2.24, 2.45) is 0 Å². The van der Waals surface area contributed by atoms with Crippen LogP contribution in [0.15, 0.2) is 213 Å². The third-order valence-corrected chi connectivity index (χ3v) is 10.2. The lowest BCUT2D eigenvalue weighted by Gasteiger charge is -2.12. The van der Waals surface area contributed by atoms with E-state index in [1.54, 1.807) is 6.20 Å². The van der Waals surface area contributed by atoms with Gasteiger partial charge in [-0.05, 0) is 59.7 Å². The highest BCUT2D eigenvalue weighted by Crippen LogP contribution is 2.33. The SMILES string of the molecule is c1ccc(-c2cc(-c3ccccc3)nc(-c3ccc(-c4cc(-c5ccccn5)nc(-c5ccc(-c6cc(-c7ccccc7)nc(-c7ccccc7)n6)cn5)c4)cc3)n2)cc1. The predicted octanol–water partition coefficient (Wildman–Crippen LogP) is 12.5. The van der Waals surface area contributed by atoms with E-state index in [2.05, 4.69) is 83.8 Å². The van der Waals surface area contributed by atoms with Crippen molar-refractivity contribution in [2.45, 2.75) is 0 Å². The molecule has 0 unspecified atom stereocenters. The number of pyridine rings is 3. The Kier molecular flexibility index (Phi) is 9.79. The number of rotatable bonds is 9. The zero-order valence-corrected chi connectivity index (χ0v) is 32.3. The number of benzene rings is 5. The number of hydrogen-bond acceptors (Lipinski definition) is 7. The van der Waals surface area contributed by atoms with Gasteiger partial charge in [0.1, 0.15) is 0 Å². The molecule has 5 aromatic heterocycles. The zero-order valence-electron chi connectivity index (χ0n) is 32.3. The van der Waals surface area contributed by atoms with Gasteiger partial charge in [0.05, 0.1) is 45.6 Å². The Hall–Kier alpha value is -8.29. The predicted molar refractivity (Wildman–Crippen MR) is 240 cm³/mol. The molecule has 10 aromatic rings. The molecule has 0 aliphatic heterocycles. The quantitative estimate of drug-likeness (QED) is 0.144. The second-order valence-electron chi connectivity index (χ2n) is 14.2. The highest BCUT2D eigenvalue weighted by atomic mass is 14.9. The lowest BCUT2D eigenvalue weighted by Crippen LogP contribution is -1.97.